The number of nitrogens with one attached hydrogen (secondary N) is 1. The topological polar surface area (TPSA) is 103 Å². The first kappa shape index (κ1) is 22.1. The molecule has 0 atom stereocenters. The summed E-state index contributed by atoms with van der Waals surface area (Å²) in [7, 11) is 1.54. The molecule has 3 aromatic heterocycles. The number of aryl methyl sites for hydroxylation is 2. The first-order chi connectivity index (χ1) is 16.8. The summed E-state index contributed by atoms with van der Waals surface area (Å²) in [5, 5.41) is 14.8. The number of hydrogen-bond donors (Lipinski definition) is 1. The number of pyridine rings is 1. The maximum absolute atomic E-state index is 14.5. The molecule has 10 heteroatoms. The smallest absolute Gasteiger partial charge is 0.258 e. The first-order valence-electron chi connectivity index (χ1n) is 10.5. The van der Waals surface area contributed by atoms with Crippen LogP contribution in [0.15, 0.2) is 70.3 Å². The summed E-state index contributed by atoms with van der Waals surface area (Å²) in [4.78, 5) is 26.1. The van der Waals surface area contributed by atoms with Crippen LogP contribution < -0.4 is 10.9 Å². The third-order valence-electron chi connectivity index (χ3n) is 5.68. The van der Waals surface area contributed by atoms with Crippen LogP contribution in [0.3, 0.4) is 0 Å². The number of nitrogens with zero attached hydrogens (tertiary/aromatic N) is 4. The quantitative estimate of drug-likeness (QED) is 0.413. The van der Waals surface area contributed by atoms with Crippen LogP contribution >= 0.6 is 0 Å². The lowest BCUT2D eigenvalue weighted by atomic mass is 9.97. The van der Waals surface area contributed by atoms with Crippen molar-refractivity contribution in [2.45, 2.75) is 6.92 Å². The number of halogens is 2. The average molecular weight is 473 g/mol. The summed E-state index contributed by atoms with van der Waals surface area (Å²) in [5.74, 6) is -1.70. The molecule has 0 aliphatic heterocycles. The normalized spacial score (nSPS) is 11.1. The number of fused-ring (bicyclic) bond motifs is 1. The Morgan fingerprint density at radius 3 is 2.60 bits per heavy atom. The van der Waals surface area contributed by atoms with E-state index in [-0.39, 0.29) is 22.6 Å². The van der Waals surface area contributed by atoms with Crippen LogP contribution in [0, 0.1) is 18.6 Å². The zero-order chi connectivity index (χ0) is 24.7. The fraction of sp³-hybridized carbons (Fsp3) is 0.0800. The highest BCUT2D eigenvalue weighted by Crippen LogP contribution is 2.30. The van der Waals surface area contributed by atoms with Gasteiger partial charge in [-0.05, 0) is 48.4 Å². The Morgan fingerprint density at radius 1 is 1.03 bits per heavy atom. The molecular weight excluding hydrogens is 456 g/mol. The maximum Gasteiger partial charge on any atom is 0.258 e. The molecule has 0 unspecified atom stereocenters. The van der Waals surface area contributed by atoms with Gasteiger partial charge in [0.2, 0.25) is 0 Å². The molecule has 5 rings (SSSR count). The average Bonchev–Trinajstić information content (AvgIpc) is 3.34. The number of carbonyl (C=O) groups is 1. The lowest BCUT2D eigenvalue weighted by Gasteiger charge is -2.14. The van der Waals surface area contributed by atoms with Gasteiger partial charge in [0.05, 0.1) is 11.7 Å². The van der Waals surface area contributed by atoms with Gasteiger partial charge in [0, 0.05) is 41.3 Å². The fourth-order valence-corrected chi connectivity index (χ4v) is 3.93. The van der Waals surface area contributed by atoms with Crippen molar-refractivity contribution < 1.29 is 18.1 Å². The van der Waals surface area contributed by atoms with Crippen LogP contribution in [-0.4, -0.2) is 25.8 Å². The van der Waals surface area contributed by atoms with Gasteiger partial charge < -0.3 is 14.4 Å². The first-order valence-corrected chi connectivity index (χ1v) is 10.5. The van der Waals surface area contributed by atoms with Crippen LogP contribution in [0.2, 0.25) is 0 Å². The molecule has 0 aliphatic rings. The maximum atomic E-state index is 14.5. The molecule has 1 N–H and O–H groups in total. The number of aromatic nitrogens is 4. The summed E-state index contributed by atoms with van der Waals surface area (Å²) < 4.78 is 34.0. The van der Waals surface area contributed by atoms with Gasteiger partial charge in [-0.2, -0.15) is 5.10 Å². The number of rotatable bonds is 4. The second kappa shape index (κ2) is 8.56. The van der Waals surface area contributed by atoms with Crippen molar-refractivity contribution in [3.63, 3.8) is 0 Å². The number of anilines is 1. The van der Waals surface area contributed by atoms with Gasteiger partial charge in [-0.1, -0.05) is 11.2 Å². The van der Waals surface area contributed by atoms with Crippen molar-refractivity contribution in [3.8, 4) is 22.4 Å². The monoisotopic (exact) mass is 473 g/mol. The Morgan fingerprint density at radius 2 is 1.86 bits per heavy atom. The minimum atomic E-state index is -0.815. The number of benzene rings is 2. The van der Waals surface area contributed by atoms with Crippen LogP contribution in [0.5, 0.6) is 0 Å². The highest BCUT2D eigenvalue weighted by molar-refractivity contribution is 6.04. The van der Waals surface area contributed by atoms with Gasteiger partial charge in [0.1, 0.15) is 23.6 Å². The number of carbonyl (C=O) groups excluding carboxylic acids is 1. The van der Waals surface area contributed by atoms with E-state index in [9.17, 15) is 18.4 Å². The molecule has 174 valence electrons. The molecule has 5 aromatic rings. The Balaban J connectivity index is 1.65. The molecule has 3 heterocycles. The van der Waals surface area contributed by atoms with Crippen molar-refractivity contribution in [2.24, 2.45) is 7.05 Å². The largest absolute Gasteiger partial charge is 0.363 e. The molecule has 8 nitrogen and oxygen atoms in total. The molecule has 0 fully saturated rings. The van der Waals surface area contributed by atoms with E-state index in [1.54, 1.807) is 24.3 Å². The minimum absolute atomic E-state index is 0.0231. The molecule has 0 bridgehead atoms. The van der Waals surface area contributed by atoms with Gasteiger partial charge >= 0.3 is 0 Å². The highest BCUT2D eigenvalue weighted by Gasteiger charge is 2.19. The fourth-order valence-electron chi connectivity index (χ4n) is 3.93. The van der Waals surface area contributed by atoms with Gasteiger partial charge in [0.25, 0.3) is 11.5 Å². The van der Waals surface area contributed by atoms with Crippen LogP contribution in [0.25, 0.3) is 33.3 Å². The van der Waals surface area contributed by atoms with Crippen molar-refractivity contribution in [1.29, 1.82) is 0 Å². The van der Waals surface area contributed by atoms with Crippen LogP contribution in [0.4, 0.5) is 14.6 Å². The molecule has 35 heavy (non-hydrogen) atoms. The summed E-state index contributed by atoms with van der Waals surface area (Å²) in [6, 6.07) is 11.2. The molecule has 0 spiro atoms. The van der Waals surface area contributed by atoms with Crippen LogP contribution in [0.1, 0.15) is 15.9 Å². The minimum Gasteiger partial charge on any atom is -0.363 e. The zero-order valence-electron chi connectivity index (χ0n) is 18.5. The highest BCUT2D eigenvalue weighted by atomic mass is 19.1. The Bertz CT molecular complexity index is 1660. The van der Waals surface area contributed by atoms with E-state index in [2.05, 4.69) is 20.7 Å². The van der Waals surface area contributed by atoms with Crippen LogP contribution in [-0.2, 0) is 7.05 Å². The zero-order valence-corrected chi connectivity index (χ0v) is 18.5. The predicted octanol–water partition coefficient (Wildman–Crippen LogP) is 4.49. The number of hydrogen-bond acceptors (Lipinski definition) is 6. The Kier molecular flexibility index (Phi) is 5.40. The lowest BCUT2D eigenvalue weighted by molar-refractivity contribution is 0.102. The molecule has 1 amide bonds. The van der Waals surface area contributed by atoms with E-state index in [1.807, 2.05) is 6.92 Å². The third kappa shape index (κ3) is 3.95. The van der Waals surface area contributed by atoms with E-state index >= 15 is 0 Å². The van der Waals surface area contributed by atoms with E-state index in [0.717, 1.165) is 17.7 Å². The Hall–Kier alpha value is -4.73. The second-order valence-electron chi connectivity index (χ2n) is 7.91. The van der Waals surface area contributed by atoms with Crippen molar-refractivity contribution in [1.82, 2.24) is 19.9 Å². The van der Waals surface area contributed by atoms with Gasteiger partial charge in [0.15, 0.2) is 5.82 Å². The van der Waals surface area contributed by atoms with Gasteiger partial charge in [-0.25, -0.2) is 8.78 Å². The SMILES string of the molecule is Cc1ccc(C(=O)Nc2ccon2)cc1-c1cc2cnnc(-c3ccc(F)cc3F)c2n(C)c1=O. The van der Waals surface area contributed by atoms with E-state index in [1.165, 1.54) is 36.2 Å². The van der Waals surface area contributed by atoms with E-state index < -0.39 is 17.5 Å². The second-order valence-corrected chi connectivity index (χ2v) is 7.91. The molecule has 0 saturated heterocycles. The molecule has 0 aliphatic carbocycles. The third-order valence-corrected chi connectivity index (χ3v) is 5.68. The van der Waals surface area contributed by atoms with E-state index in [4.69, 9.17) is 4.52 Å². The number of amides is 1. The molecule has 0 saturated carbocycles. The summed E-state index contributed by atoms with van der Waals surface area (Å²) in [5.41, 5.74) is 2.06. The predicted molar refractivity (Wildman–Crippen MR) is 125 cm³/mol. The van der Waals surface area contributed by atoms with Gasteiger partial charge in [-0.15, -0.1) is 5.10 Å². The van der Waals surface area contributed by atoms with Crippen molar-refractivity contribution >= 4 is 22.6 Å². The molecule has 0 radical (unpaired) electrons. The summed E-state index contributed by atoms with van der Waals surface area (Å²) in [6.45, 7) is 1.82. The standard InChI is InChI=1S/C25H17F2N5O3/c1-13-3-4-14(24(33)29-21-7-8-35-31-21)9-18(13)19-10-15-12-28-30-22(23(15)32(2)25(19)34)17-6-5-16(26)11-20(17)27/h3-12H,1-2H3,(H,29,31,33). The van der Waals surface area contributed by atoms with E-state index in [0.29, 0.717) is 27.6 Å². The van der Waals surface area contributed by atoms with Gasteiger partial charge in [-0.3, -0.25) is 9.59 Å². The van der Waals surface area contributed by atoms with Crippen molar-refractivity contribution in [3.05, 3.63) is 94.1 Å². The Labute approximate surface area is 196 Å². The molecule has 2 aromatic carbocycles. The van der Waals surface area contributed by atoms with Crippen molar-refractivity contribution in [2.75, 3.05) is 5.32 Å². The summed E-state index contributed by atoms with van der Waals surface area (Å²) in [6.07, 6.45) is 2.80. The summed E-state index contributed by atoms with van der Waals surface area (Å²) >= 11 is 0. The molecular formula is C25H17F2N5O3. The lowest BCUT2D eigenvalue weighted by Crippen LogP contribution is -2.20.